The van der Waals surface area contributed by atoms with E-state index in [1.54, 1.807) is 28.8 Å². The Kier molecular flexibility index (Phi) is 7.47. The maximum absolute atomic E-state index is 15.7. The number of nitrogens with one attached hydrogen (secondary N) is 2. The largest absolute Gasteiger partial charge is 0.394 e. The molecular formula is C24H21BrClFN4O3. The lowest BCUT2D eigenvalue weighted by molar-refractivity contribution is 0.0169. The Bertz CT molecular complexity index is 1360. The van der Waals surface area contributed by atoms with Crippen molar-refractivity contribution in [2.45, 2.75) is 13.5 Å². The van der Waals surface area contributed by atoms with Gasteiger partial charge in [-0.1, -0.05) is 57.4 Å². The van der Waals surface area contributed by atoms with E-state index >= 15 is 4.39 Å². The van der Waals surface area contributed by atoms with Crippen LogP contribution in [0.3, 0.4) is 0 Å². The number of hydrogen-bond donors (Lipinski definition) is 3. The van der Waals surface area contributed by atoms with Crippen molar-refractivity contribution in [3.8, 4) is 0 Å². The van der Waals surface area contributed by atoms with Crippen molar-refractivity contribution in [1.82, 2.24) is 15.0 Å². The van der Waals surface area contributed by atoms with Gasteiger partial charge in [0, 0.05) is 11.0 Å². The van der Waals surface area contributed by atoms with Crippen LogP contribution in [0.4, 0.5) is 15.8 Å². The minimum absolute atomic E-state index is 0.00656. The first-order chi connectivity index (χ1) is 16.4. The molecule has 3 aromatic carbocycles. The van der Waals surface area contributed by atoms with Crippen LogP contribution in [0.15, 0.2) is 59.3 Å². The molecule has 1 amide bonds. The van der Waals surface area contributed by atoms with Gasteiger partial charge in [-0.25, -0.2) is 14.9 Å². The summed E-state index contributed by atoms with van der Waals surface area (Å²) in [5, 5.41) is 12.2. The van der Waals surface area contributed by atoms with Crippen molar-refractivity contribution in [1.29, 1.82) is 0 Å². The van der Waals surface area contributed by atoms with Gasteiger partial charge >= 0.3 is 0 Å². The average Bonchev–Trinajstić information content (AvgIpc) is 3.20. The normalized spacial score (nSPS) is 11.1. The van der Waals surface area contributed by atoms with Gasteiger partial charge in [0.05, 0.1) is 47.0 Å². The molecule has 0 radical (unpaired) electrons. The van der Waals surface area contributed by atoms with Crippen molar-refractivity contribution in [2.24, 2.45) is 0 Å². The molecule has 0 fully saturated rings. The molecular weight excluding hydrogens is 527 g/mol. The number of fused-ring (bicyclic) bond motifs is 1. The lowest BCUT2D eigenvalue weighted by Gasteiger charge is -2.16. The third-order valence-corrected chi connectivity index (χ3v) is 5.89. The molecule has 0 unspecified atom stereocenters. The van der Waals surface area contributed by atoms with Crippen molar-refractivity contribution >= 4 is 55.8 Å². The molecule has 10 heteroatoms. The summed E-state index contributed by atoms with van der Waals surface area (Å²) in [7, 11) is 0. The van der Waals surface area contributed by atoms with Crippen LogP contribution < -0.4 is 10.8 Å². The van der Waals surface area contributed by atoms with E-state index in [9.17, 15) is 4.79 Å². The number of nitrogens with zero attached hydrogens (tertiary/aromatic N) is 2. The molecule has 34 heavy (non-hydrogen) atoms. The Morgan fingerprint density at radius 2 is 2.09 bits per heavy atom. The second-order valence-electron chi connectivity index (χ2n) is 7.59. The number of anilines is 2. The average molecular weight is 548 g/mol. The molecule has 176 valence electrons. The number of aliphatic hydroxyl groups is 1. The van der Waals surface area contributed by atoms with Gasteiger partial charge in [0.25, 0.3) is 5.91 Å². The van der Waals surface area contributed by atoms with Crippen molar-refractivity contribution < 1.29 is 19.1 Å². The molecule has 0 aliphatic heterocycles. The first kappa shape index (κ1) is 24.2. The highest BCUT2D eigenvalue weighted by molar-refractivity contribution is 9.10. The van der Waals surface area contributed by atoms with E-state index in [2.05, 4.69) is 31.7 Å². The standard InChI is InChI=1S/C24H21BrClFN4O3/c1-14-3-2-4-15(9-14)12-31-13-28-23-20(31)11-17(24(33)30-34-8-7-32)22(21(23)27)29-19-6-5-16(25)10-18(19)26/h2-6,9-11,13,29,32H,7-8,12H2,1H3,(H,30,33). The SMILES string of the molecule is Cc1cccc(Cn2cnc3c(F)c(Nc4ccc(Br)cc4Cl)c(C(=O)NOCCO)cc32)c1. The van der Waals surface area contributed by atoms with Gasteiger partial charge in [-0.2, -0.15) is 0 Å². The van der Waals surface area contributed by atoms with Gasteiger partial charge in [0.15, 0.2) is 5.82 Å². The van der Waals surface area contributed by atoms with Crippen LogP contribution >= 0.6 is 27.5 Å². The Morgan fingerprint density at radius 1 is 1.26 bits per heavy atom. The zero-order valence-corrected chi connectivity index (χ0v) is 20.5. The summed E-state index contributed by atoms with van der Waals surface area (Å²) < 4.78 is 18.3. The van der Waals surface area contributed by atoms with Crippen LogP contribution in [0, 0.1) is 12.7 Å². The van der Waals surface area contributed by atoms with E-state index in [0.29, 0.717) is 22.8 Å². The fourth-order valence-electron chi connectivity index (χ4n) is 3.53. The zero-order chi connectivity index (χ0) is 24.2. The number of imidazole rings is 1. The molecule has 3 N–H and O–H groups in total. The maximum atomic E-state index is 15.7. The number of benzene rings is 3. The molecule has 0 saturated carbocycles. The van der Waals surface area contributed by atoms with Crippen LogP contribution in [-0.2, 0) is 11.4 Å². The zero-order valence-electron chi connectivity index (χ0n) is 18.1. The van der Waals surface area contributed by atoms with Crippen LogP contribution in [0.2, 0.25) is 5.02 Å². The van der Waals surface area contributed by atoms with Crippen LogP contribution in [0.1, 0.15) is 21.5 Å². The molecule has 0 spiro atoms. The monoisotopic (exact) mass is 546 g/mol. The van der Waals surface area contributed by atoms with E-state index in [1.165, 1.54) is 6.33 Å². The molecule has 1 aromatic heterocycles. The number of aromatic nitrogens is 2. The molecule has 4 rings (SSSR count). The van der Waals surface area contributed by atoms with Gasteiger partial charge in [0.1, 0.15) is 5.52 Å². The number of aliphatic hydroxyl groups excluding tert-OH is 1. The molecule has 0 atom stereocenters. The summed E-state index contributed by atoms with van der Waals surface area (Å²) in [5.74, 6) is -1.39. The summed E-state index contributed by atoms with van der Waals surface area (Å²) in [6.45, 7) is 2.06. The topological polar surface area (TPSA) is 88.4 Å². The van der Waals surface area contributed by atoms with Gasteiger partial charge in [-0.05, 0) is 36.8 Å². The van der Waals surface area contributed by atoms with Gasteiger partial charge < -0.3 is 15.0 Å². The number of aryl methyl sites for hydroxylation is 1. The summed E-state index contributed by atoms with van der Waals surface area (Å²) in [6.07, 6.45) is 1.54. The predicted molar refractivity (Wildman–Crippen MR) is 133 cm³/mol. The third kappa shape index (κ3) is 5.23. The molecule has 1 heterocycles. The number of hydrogen-bond acceptors (Lipinski definition) is 5. The van der Waals surface area contributed by atoms with Crippen LogP contribution in [-0.4, -0.2) is 33.8 Å². The van der Waals surface area contributed by atoms with Gasteiger partial charge in [-0.15, -0.1) is 0 Å². The summed E-state index contributed by atoms with van der Waals surface area (Å²) >= 11 is 9.64. The quantitative estimate of drug-likeness (QED) is 0.205. The Labute approximate surface area is 208 Å². The number of carbonyl (C=O) groups excluding carboxylic acids is 1. The smallest absolute Gasteiger partial charge is 0.277 e. The first-order valence-electron chi connectivity index (χ1n) is 10.4. The van der Waals surface area contributed by atoms with Crippen LogP contribution in [0.25, 0.3) is 11.0 Å². The highest BCUT2D eigenvalue weighted by Gasteiger charge is 2.23. The fraction of sp³-hybridized carbons (Fsp3) is 0.167. The highest BCUT2D eigenvalue weighted by atomic mass is 79.9. The second-order valence-corrected chi connectivity index (χ2v) is 8.92. The van der Waals surface area contributed by atoms with E-state index in [-0.39, 0.29) is 30.0 Å². The van der Waals surface area contributed by atoms with Crippen molar-refractivity contribution in [3.63, 3.8) is 0 Å². The highest BCUT2D eigenvalue weighted by Crippen LogP contribution is 2.34. The first-order valence-corrected chi connectivity index (χ1v) is 11.5. The fourth-order valence-corrected chi connectivity index (χ4v) is 4.26. The Morgan fingerprint density at radius 3 is 2.82 bits per heavy atom. The lowest BCUT2D eigenvalue weighted by Crippen LogP contribution is -2.26. The number of halogens is 3. The number of amides is 1. The van der Waals surface area contributed by atoms with Gasteiger partial charge in [0.2, 0.25) is 0 Å². The molecule has 4 aromatic rings. The van der Waals surface area contributed by atoms with Gasteiger partial charge in [-0.3, -0.25) is 9.63 Å². The van der Waals surface area contributed by atoms with Crippen molar-refractivity contribution in [3.05, 3.63) is 86.9 Å². The Balaban J connectivity index is 1.80. The predicted octanol–water partition coefficient (Wildman–Crippen LogP) is 5.35. The summed E-state index contributed by atoms with van der Waals surface area (Å²) in [5.41, 5.74) is 5.21. The molecule has 0 bridgehead atoms. The Hall–Kier alpha value is -2.98. The molecule has 0 saturated heterocycles. The van der Waals surface area contributed by atoms with E-state index in [4.69, 9.17) is 21.5 Å². The lowest BCUT2D eigenvalue weighted by atomic mass is 10.1. The number of hydroxylamine groups is 1. The van der Waals surface area contributed by atoms with Crippen molar-refractivity contribution in [2.75, 3.05) is 18.5 Å². The minimum atomic E-state index is -0.702. The van der Waals surface area contributed by atoms with E-state index in [0.717, 1.165) is 15.6 Å². The molecule has 0 aliphatic rings. The summed E-state index contributed by atoms with van der Waals surface area (Å²) in [4.78, 5) is 22.1. The maximum Gasteiger partial charge on any atom is 0.277 e. The van der Waals surface area contributed by atoms with E-state index < -0.39 is 11.7 Å². The minimum Gasteiger partial charge on any atom is -0.394 e. The van der Waals surface area contributed by atoms with Crippen LogP contribution in [0.5, 0.6) is 0 Å². The second kappa shape index (κ2) is 10.5. The molecule has 0 aliphatic carbocycles. The van der Waals surface area contributed by atoms with E-state index in [1.807, 2.05) is 31.2 Å². The number of rotatable bonds is 8. The number of carbonyl (C=O) groups is 1. The summed E-state index contributed by atoms with van der Waals surface area (Å²) in [6, 6.07) is 14.6. The molecule has 7 nitrogen and oxygen atoms in total. The third-order valence-electron chi connectivity index (χ3n) is 5.09.